The number of nitro groups is 1. The Labute approximate surface area is 137 Å². The molecule has 1 N–H and O–H groups in total. The molecule has 1 aromatic heterocycles. The lowest BCUT2D eigenvalue weighted by molar-refractivity contribution is -0.384. The minimum Gasteiger partial charge on any atom is -0.322 e. The minimum absolute atomic E-state index is 0.130. The number of hydrogen-bond donors (Lipinski definition) is 1. The Hall–Kier alpha value is -3.54. The molecule has 0 unspecified atom stereocenters. The molecule has 24 heavy (non-hydrogen) atoms. The van der Waals surface area contributed by atoms with E-state index in [9.17, 15) is 14.9 Å². The standard InChI is InChI=1S/C18H13N3O3/c22-18(20-15-9-5-2-6-10-15)14-11-16(21(23)24)17(19-12-14)13-7-3-1-4-8-13/h1-12H,(H,20,22). The van der Waals surface area contributed by atoms with Crippen LogP contribution in [0.25, 0.3) is 11.3 Å². The van der Waals surface area contributed by atoms with Crippen molar-refractivity contribution in [2.75, 3.05) is 5.32 Å². The molecule has 0 radical (unpaired) electrons. The molecule has 1 heterocycles. The molecule has 118 valence electrons. The topological polar surface area (TPSA) is 85.1 Å². The van der Waals surface area contributed by atoms with Gasteiger partial charge in [0.25, 0.3) is 11.6 Å². The van der Waals surface area contributed by atoms with Crippen molar-refractivity contribution in [2.45, 2.75) is 0 Å². The van der Waals surface area contributed by atoms with Crippen molar-refractivity contribution in [1.82, 2.24) is 4.98 Å². The molecular weight excluding hydrogens is 306 g/mol. The summed E-state index contributed by atoms with van der Waals surface area (Å²) in [5.41, 5.74) is 1.39. The van der Waals surface area contributed by atoms with Crippen LogP contribution in [0.3, 0.4) is 0 Å². The second-order valence-electron chi connectivity index (χ2n) is 5.04. The quantitative estimate of drug-likeness (QED) is 0.583. The number of rotatable bonds is 4. The van der Waals surface area contributed by atoms with Crippen molar-refractivity contribution < 1.29 is 9.72 Å². The van der Waals surface area contributed by atoms with Crippen LogP contribution in [0.15, 0.2) is 72.9 Å². The zero-order valence-corrected chi connectivity index (χ0v) is 12.5. The number of pyridine rings is 1. The van der Waals surface area contributed by atoms with Crippen molar-refractivity contribution in [1.29, 1.82) is 0 Å². The first-order valence-corrected chi connectivity index (χ1v) is 7.21. The van der Waals surface area contributed by atoms with E-state index in [0.717, 1.165) is 0 Å². The van der Waals surface area contributed by atoms with Crippen LogP contribution in [0.5, 0.6) is 0 Å². The Balaban J connectivity index is 1.95. The van der Waals surface area contributed by atoms with Gasteiger partial charge < -0.3 is 5.32 Å². The number of hydrogen-bond acceptors (Lipinski definition) is 4. The SMILES string of the molecule is O=C(Nc1ccccc1)c1cnc(-c2ccccc2)c([N+](=O)[O-])c1. The summed E-state index contributed by atoms with van der Waals surface area (Å²) in [4.78, 5) is 27.2. The fourth-order valence-electron chi connectivity index (χ4n) is 2.26. The first-order chi connectivity index (χ1) is 11.6. The van der Waals surface area contributed by atoms with Gasteiger partial charge in [-0.05, 0) is 12.1 Å². The lowest BCUT2D eigenvalue weighted by Gasteiger charge is -2.07. The van der Waals surface area contributed by atoms with Crippen LogP contribution in [0, 0.1) is 10.1 Å². The van der Waals surface area contributed by atoms with E-state index in [1.807, 2.05) is 12.1 Å². The van der Waals surface area contributed by atoms with Crippen LogP contribution in [0.2, 0.25) is 0 Å². The van der Waals surface area contributed by atoms with Crippen LogP contribution in [0.1, 0.15) is 10.4 Å². The van der Waals surface area contributed by atoms with Gasteiger partial charge in [0, 0.05) is 23.5 Å². The third-order valence-electron chi connectivity index (χ3n) is 3.41. The van der Waals surface area contributed by atoms with Crippen molar-refractivity contribution >= 4 is 17.3 Å². The summed E-state index contributed by atoms with van der Waals surface area (Å²) in [6.45, 7) is 0. The van der Waals surface area contributed by atoms with Crippen molar-refractivity contribution in [3.8, 4) is 11.3 Å². The highest BCUT2D eigenvalue weighted by Gasteiger charge is 2.20. The van der Waals surface area contributed by atoms with Crippen LogP contribution in [-0.4, -0.2) is 15.8 Å². The number of anilines is 1. The largest absolute Gasteiger partial charge is 0.322 e. The van der Waals surface area contributed by atoms with Gasteiger partial charge in [-0.1, -0.05) is 48.5 Å². The molecule has 0 aliphatic carbocycles. The molecule has 0 aliphatic rings. The second kappa shape index (κ2) is 6.70. The van der Waals surface area contributed by atoms with E-state index in [1.165, 1.54) is 12.3 Å². The van der Waals surface area contributed by atoms with Gasteiger partial charge in [0.1, 0.15) is 5.69 Å². The summed E-state index contributed by atoms with van der Waals surface area (Å²) in [7, 11) is 0. The van der Waals surface area contributed by atoms with E-state index < -0.39 is 10.8 Å². The average Bonchev–Trinajstić information content (AvgIpc) is 2.62. The molecule has 0 spiro atoms. The highest BCUT2D eigenvalue weighted by Crippen LogP contribution is 2.28. The number of amides is 1. The number of carbonyl (C=O) groups is 1. The monoisotopic (exact) mass is 319 g/mol. The van der Waals surface area contributed by atoms with Crippen molar-refractivity contribution in [3.05, 3.63) is 88.6 Å². The highest BCUT2D eigenvalue weighted by molar-refractivity contribution is 6.04. The fourth-order valence-corrected chi connectivity index (χ4v) is 2.26. The third-order valence-corrected chi connectivity index (χ3v) is 3.41. The Morgan fingerprint density at radius 3 is 2.25 bits per heavy atom. The minimum atomic E-state index is -0.533. The molecule has 0 aliphatic heterocycles. The first-order valence-electron chi connectivity index (χ1n) is 7.21. The molecule has 0 saturated heterocycles. The molecule has 6 nitrogen and oxygen atoms in total. The van der Waals surface area contributed by atoms with Gasteiger partial charge in [-0.2, -0.15) is 0 Å². The maximum atomic E-state index is 12.3. The highest BCUT2D eigenvalue weighted by atomic mass is 16.6. The number of benzene rings is 2. The molecule has 0 saturated carbocycles. The lowest BCUT2D eigenvalue weighted by Crippen LogP contribution is -2.13. The van der Waals surface area contributed by atoms with Gasteiger partial charge in [0.15, 0.2) is 0 Å². The van der Waals surface area contributed by atoms with Crippen molar-refractivity contribution in [2.24, 2.45) is 0 Å². The van der Waals surface area contributed by atoms with Gasteiger partial charge in [0.05, 0.1) is 10.5 Å². The number of carbonyl (C=O) groups excluding carboxylic acids is 1. The smallest absolute Gasteiger partial charge is 0.296 e. The molecule has 3 rings (SSSR count). The molecule has 2 aromatic carbocycles. The van der Waals surface area contributed by atoms with E-state index in [4.69, 9.17) is 0 Å². The maximum absolute atomic E-state index is 12.3. The van der Waals surface area contributed by atoms with Crippen molar-refractivity contribution in [3.63, 3.8) is 0 Å². The van der Waals surface area contributed by atoms with E-state index >= 15 is 0 Å². The fraction of sp³-hybridized carbons (Fsp3) is 0. The number of nitrogens with zero attached hydrogens (tertiary/aromatic N) is 2. The van der Waals surface area contributed by atoms with Gasteiger partial charge in [0.2, 0.25) is 0 Å². The number of aromatic nitrogens is 1. The average molecular weight is 319 g/mol. The Bertz CT molecular complexity index is 881. The summed E-state index contributed by atoms with van der Waals surface area (Å²) in [5.74, 6) is -0.448. The maximum Gasteiger partial charge on any atom is 0.296 e. The predicted octanol–water partition coefficient (Wildman–Crippen LogP) is 3.91. The Kier molecular flexibility index (Phi) is 4.29. The predicted molar refractivity (Wildman–Crippen MR) is 90.7 cm³/mol. The summed E-state index contributed by atoms with van der Waals surface area (Å²) in [5, 5.41) is 14.0. The Morgan fingerprint density at radius 2 is 1.62 bits per heavy atom. The number of para-hydroxylation sites is 1. The zero-order chi connectivity index (χ0) is 16.9. The van der Waals surface area contributed by atoms with Gasteiger partial charge in [-0.3, -0.25) is 14.9 Å². The molecule has 0 fully saturated rings. The normalized spacial score (nSPS) is 10.2. The van der Waals surface area contributed by atoms with Gasteiger partial charge in [-0.25, -0.2) is 4.98 Å². The van der Waals surface area contributed by atoms with Gasteiger partial charge >= 0.3 is 0 Å². The van der Waals surface area contributed by atoms with E-state index in [0.29, 0.717) is 11.3 Å². The summed E-state index contributed by atoms with van der Waals surface area (Å²) < 4.78 is 0. The van der Waals surface area contributed by atoms with Crippen LogP contribution in [-0.2, 0) is 0 Å². The summed E-state index contributed by atoms with van der Waals surface area (Å²) >= 11 is 0. The molecular formula is C18H13N3O3. The third kappa shape index (κ3) is 3.27. The van der Waals surface area contributed by atoms with E-state index in [2.05, 4.69) is 10.3 Å². The zero-order valence-electron chi connectivity index (χ0n) is 12.5. The number of nitrogens with one attached hydrogen (secondary N) is 1. The second-order valence-corrected chi connectivity index (χ2v) is 5.04. The van der Waals surface area contributed by atoms with E-state index in [-0.39, 0.29) is 16.9 Å². The van der Waals surface area contributed by atoms with Crippen LogP contribution < -0.4 is 5.32 Å². The molecule has 1 amide bonds. The molecule has 6 heteroatoms. The van der Waals surface area contributed by atoms with E-state index in [1.54, 1.807) is 48.5 Å². The first kappa shape index (κ1) is 15.4. The summed E-state index contributed by atoms with van der Waals surface area (Å²) in [6, 6.07) is 19.0. The summed E-state index contributed by atoms with van der Waals surface area (Å²) in [6.07, 6.45) is 1.34. The molecule has 3 aromatic rings. The molecule has 0 atom stereocenters. The molecule has 0 bridgehead atoms. The van der Waals surface area contributed by atoms with Gasteiger partial charge in [-0.15, -0.1) is 0 Å². The Morgan fingerprint density at radius 1 is 1.00 bits per heavy atom. The lowest BCUT2D eigenvalue weighted by atomic mass is 10.1. The van der Waals surface area contributed by atoms with Crippen LogP contribution in [0.4, 0.5) is 11.4 Å². The van der Waals surface area contributed by atoms with Crippen LogP contribution >= 0.6 is 0 Å².